The Balaban J connectivity index is 1.70. The van der Waals surface area contributed by atoms with Crippen molar-refractivity contribution in [3.8, 4) is 0 Å². The predicted octanol–water partition coefficient (Wildman–Crippen LogP) is 2.98. The standard InChI is InChI=1S/C19H24N2O/c1-16-7-6-8-17(15-16)19(2,22)21-13-11-20(12-14-21)18-9-4-3-5-10-18/h3-10,15,22H,11-14H2,1-2H3. The third-order valence-corrected chi connectivity index (χ3v) is 4.58. The molecule has 3 nitrogen and oxygen atoms in total. The Morgan fingerprint density at radius 2 is 1.59 bits per heavy atom. The molecule has 0 spiro atoms. The van der Waals surface area contributed by atoms with Crippen molar-refractivity contribution >= 4 is 5.69 Å². The van der Waals surface area contributed by atoms with E-state index in [-0.39, 0.29) is 0 Å². The minimum absolute atomic E-state index is 0.857. The summed E-state index contributed by atoms with van der Waals surface area (Å²) in [6.45, 7) is 7.55. The number of nitrogens with zero attached hydrogens (tertiary/aromatic N) is 2. The zero-order valence-electron chi connectivity index (χ0n) is 13.4. The van der Waals surface area contributed by atoms with Crippen LogP contribution in [0.5, 0.6) is 0 Å². The normalized spacial score (nSPS) is 19.0. The van der Waals surface area contributed by atoms with E-state index in [1.165, 1.54) is 11.3 Å². The maximum atomic E-state index is 11.0. The van der Waals surface area contributed by atoms with E-state index in [1.807, 2.05) is 25.1 Å². The lowest BCUT2D eigenvalue weighted by molar-refractivity contribution is -0.103. The molecule has 1 aliphatic rings. The van der Waals surface area contributed by atoms with Crippen LogP contribution in [-0.4, -0.2) is 36.2 Å². The van der Waals surface area contributed by atoms with Crippen molar-refractivity contribution in [2.24, 2.45) is 0 Å². The van der Waals surface area contributed by atoms with Crippen LogP contribution in [0.15, 0.2) is 54.6 Å². The molecule has 0 bridgehead atoms. The maximum Gasteiger partial charge on any atom is 0.141 e. The maximum absolute atomic E-state index is 11.0. The van der Waals surface area contributed by atoms with Gasteiger partial charge < -0.3 is 10.0 Å². The lowest BCUT2D eigenvalue weighted by Crippen LogP contribution is -2.54. The lowest BCUT2D eigenvalue weighted by atomic mass is 10.00. The first-order valence-electron chi connectivity index (χ1n) is 7.92. The quantitative estimate of drug-likeness (QED) is 0.943. The zero-order valence-corrected chi connectivity index (χ0v) is 13.4. The molecule has 1 saturated heterocycles. The van der Waals surface area contributed by atoms with E-state index in [0.29, 0.717) is 0 Å². The number of para-hydroxylation sites is 1. The molecule has 0 radical (unpaired) electrons. The third kappa shape index (κ3) is 3.01. The third-order valence-electron chi connectivity index (χ3n) is 4.58. The Morgan fingerprint density at radius 1 is 0.909 bits per heavy atom. The number of aliphatic hydroxyl groups is 1. The van der Waals surface area contributed by atoms with Gasteiger partial charge in [0, 0.05) is 31.9 Å². The van der Waals surface area contributed by atoms with Gasteiger partial charge in [0.15, 0.2) is 0 Å². The van der Waals surface area contributed by atoms with Crippen LogP contribution in [-0.2, 0) is 5.72 Å². The first-order valence-corrected chi connectivity index (χ1v) is 7.92. The Kier molecular flexibility index (Phi) is 4.19. The van der Waals surface area contributed by atoms with Gasteiger partial charge in [-0.05, 0) is 31.5 Å². The molecule has 1 heterocycles. The molecule has 3 heteroatoms. The summed E-state index contributed by atoms with van der Waals surface area (Å²) in [7, 11) is 0. The fourth-order valence-corrected chi connectivity index (χ4v) is 3.16. The van der Waals surface area contributed by atoms with Gasteiger partial charge in [0.2, 0.25) is 0 Å². The van der Waals surface area contributed by atoms with Crippen molar-refractivity contribution in [2.45, 2.75) is 19.6 Å². The summed E-state index contributed by atoms with van der Waals surface area (Å²) >= 11 is 0. The van der Waals surface area contributed by atoms with Crippen molar-refractivity contribution in [3.05, 3.63) is 65.7 Å². The fraction of sp³-hybridized carbons (Fsp3) is 0.368. The van der Waals surface area contributed by atoms with E-state index in [9.17, 15) is 5.11 Å². The van der Waals surface area contributed by atoms with Crippen molar-refractivity contribution in [1.82, 2.24) is 4.90 Å². The predicted molar refractivity (Wildman–Crippen MR) is 91.0 cm³/mol. The monoisotopic (exact) mass is 296 g/mol. The molecule has 0 aromatic heterocycles. The Morgan fingerprint density at radius 3 is 2.23 bits per heavy atom. The molecule has 2 aromatic carbocycles. The molecule has 0 aliphatic carbocycles. The van der Waals surface area contributed by atoms with Crippen LogP contribution < -0.4 is 4.90 Å². The summed E-state index contributed by atoms with van der Waals surface area (Å²) in [5.41, 5.74) is 2.51. The van der Waals surface area contributed by atoms with Gasteiger partial charge in [0.05, 0.1) is 0 Å². The minimum atomic E-state index is -0.908. The first-order chi connectivity index (χ1) is 10.6. The fourth-order valence-electron chi connectivity index (χ4n) is 3.16. The van der Waals surface area contributed by atoms with Crippen molar-refractivity contribution in [2.75, 3.05) is 31.1 Å². The van der Waals surface area contributed by atoms with Crippen LogP contribution >= 0.6 is 0 Å². The van der Waals surface area contributed by atoms with Crippen LogP contribution in [0.4, 0.5) is 5.69 Å². The molecular formula is C19H24N2O. The number of benzene rings is 2. The molecule has 1 N–H and O–H groups in total. The van der Waals surface area contributed by atoms with Gasteiger partial charge in [-0.3, -0.25) is 4.90 Å². The highest BCUT2D eigenvalue weighted by Gasteiger charge is 2.33. The Labute approximate surface area is 132 Å². The molecule has 3 rings (SSSR count). The molecule has 0 amide bonds. The summed E-state index contributed by atoms with van der Waals surface area (Å²) in [6.07, 6.45) is 0. The molecule has 1 aliphatic heterocycles. The number of aryl methyl sites for hydroxylation is 1. The van der Waals surface area contributed by atoms with Gasteiger partial charge in [-0.2, -0.15) is 0 Å². The zero-order chi connectivity index (χ0) is 15.6. The molecular weight excluding hydrogens is 272 g/mol. The van der Waals surface area contributed by atoms with Crippen molar-refractivity contribution in [3.63, 3.8) is 0 Å². The Hall–Kier alpha value is -1.84. The highest BCUT2D eigenvalue weighted by molar-refractivity contribution is 5.46. The lowest BCUT2D eigenvalue weighted by Gasteiger charge is -2.43. The SMILES string of the molecule is Cc1cccc(C(C)(O)N2CCN(c3ccccc3)CC2)c1. The van der Waals surface area contributed by atoms with Crippen LogP contribution in [0, 0.1) is 6.92 Å². The molecule has 1 atom stereocenters. The summed E-state index contributed by atoms with van der Waals surface area (Å²) in [4.78, 5) is 4.55. The minimum Gasteiger partial charge on any atom is -0.372 e. The van der Waals surface area contributed by atoms with E-state index >= 15 is 0 Å². The highest BCUT2D eigenvalue weighted by Crippen LogP contribution is 2.28. The summed E-state index contributed by atoms with van der Waals surface area (Å²) in [5.74, 6) is 0. The average molecular weight is 296 g/mol. The molecule has 2 aromatic rings. The number of hydrogen-bond donors (Lipinski definition) is 1. The molecule has 0 saturated carbocycles. The van der Waals surface area contributed by atoms with Crippen molar-refractivity contribution in [1.29, 1.82) is 0 Å². The summed E-state index contributed by atoms with van der Waals surface area (Å²) in [5, 5.41) is 11.0. The van der Waals surface area contributed by atoms with E-state index < -0.39 is 5.72 Å². The average Bonchev–Trinajstić information content (AvgIpc) is 2.56. The van der Waals surface area contributed by atoms with Gasteiger partial charge in [0.1, 0.15) is 5.72 Å². The first kappa shape index (κ1) is 15.1. The number of anilines is 1. The van der Waals surface area contributed by atoms with E-state index in [2.05, 4.69) is 53.1 Å². The number of rotatable bonds is 3. The molecule has 22 heavy (non-hydrogen) atoms. The number of piperazine rings is 1. The highest BCUT2D eigenvalue weighted by atomic mass is 16.3. The van der Waals surface area contributed by atoms with Gasteiger partial charge in [-0.1, -0.05) is 48.0 Å². The van der Waals surface area contributed by atoms with Crippen LogP contribution in [0.3, 0.4) is 0 Å². The summed E-state index contributed by atoms with van der Waals surface area (Å²) in [6, 6.07) is 18.6. The van der Waals surface area contributed by atoms with Crippen molar-refractivity contribution < 1.29 is 5.11 Å². The molecule has 1 fully saturated rings. The second kappa shape index (κ2) is 6.11. The smallest absolute Gasteiger partial charge is 0.141 e. The second-order valence-corrected chi connectivity index (χ2v) is 6.20. The van der Waals surface area contributed by atoms with Gasteiger partial charge in [0.25, 0.3) is 0 Å². The van der Waals surface area contributed by atoms with E-state index in [0.717, 1.165) is 31.7 Å². The molecule has 1 unspecified atom stereocenters. The second-order valence-electron chi connectivity index (χ2n) is 6.20. The van der Waals surface area contributed by atoms with Crippen LogP contribution in [0.2, 0.25) is 0 Å². The van der Waals surface area contributed by atoms with Crippen LogP contribution in [0.1, 0.15) is 18.1 Å². The number of hydrogen-bond acceptors (Lipinski definition) is 3. The van der Waals surface area contributed by atoms with Gasteiger partial charge >= 0.3 is 0 Å². The summed E-state index contributed by atoms with van der Waals surface area (Å²) < 4.78 is 0. The van der Waals surface area contributed by atoms with Gasteiger partial charge in [-0.25, -0.2) is 0 Å². The largest absolute Gasteiger partial charge is 0.372 e. The van der Waals surface area contributed by atoms with E-state index in [4.69, 9.17) is 0 Å². The molecule has 116 valence electrons. The van der Waals surface area contributed by atoms with E-state index in [1.54, 1.807) is 0 Å². The van der Waals surface area contributed by atoms with Crippen LogP contribution in [0.25, 0.3) is 0 Å². The Bertz CT molecular complexity index is 616. The van der Waals surface area contributed by atoms with Gasteiger partial charge in [-0.15, -0.1) is 0 Å². The topological polar surface area (TPSA) is 26.7 Å².